The van der Waals surface area contributed by atoms with E-state index in [1.165, 1.54) is 6.92 Å². The number of fused-ring (bicyclic) bond motifs is 4. The molecule has 5 aliphatic rings. The molecule has 29 heavy (non-hydrogen) atoms. The van der Waals surface area contributed by atoms with Gasteiger partial charge in [-0.2, -0.15) is 0 Å². The van der Waals surface area contributed by atoms with Crippen molar-refractivity contribution >= 4 is 5.97 Å². The number of epoxide rings is 1. The molecule has 1 saturated heterocycles. The molecule has 1 heterocycles. The van der Waals surface area contributed by atoms with Crippen molar-refractivity contribution in [3.8, 4) is 0 Å². The molecule has 7 heteroatoms. The molecule has 0 amide bonds. The lowest BCUT2D eigenvalue weighted by molar-refractivity contribution is -0.242. The van der Waals surface area contributed by atoms with E-state index in [1.54, 1.807) is 13.8 Å². The topological polar surface area (TPSA) is 120 Å². The van der Waals surface area contributed by atoms with Gasteiger partial charge < -0.3 is 29.9 Å². The fourth-order valence-electron chi connectivity index (χ4n) is 8.45. The Balaban J connectivity index is 1.74. The van der Waals surface area contributed by atoms with Gasteiger partial charge in [0.1, 0.15) is 5.60 Å². The molecule has 7 unspecified atom stereocenters. The Morgan fingerprint density at radius 2 is 1.76 bits per heavy atom. The van der Waals surface area contributed by atoms with E-state index >= 15 is 0 Å². The van der Waals surface area contributed by atoms with Gasteiger partial charge in [0.15, 0.2) is 6.10 Å². The molecule has 1 aliphatic heterocycles. The van der Waals surface area contributed by atoms with Crippen molar-refractivity contribution < 1.29 is 34.7 Å². The molecule has 1 spiro atoms. The van der Waals surface area contributed by atoms with Crippen molar-refractivity contribution in [2.75, 3.05) is 0 Å². The van der Waals surface area contributed by atoms with Crippen molar-refractivity contribution in [2.24, 2.45) is 28.6 Å². The minimum absolute atomic E-state index is 0.00713. The first kappa shape index (κ1) is 20.2. The number of hydrogen-bond donors (Lipinski definition) is 4. The molecule has 5 rings (SSSR count). The average Bonchev–Trinajstić information content (AvgIpc) is 3.30. The number of rotatable bonds is 1. The Hall–Kier alpha value is -0.730. The Morgan fingerprint density at radius 3 is 2.38 bits per heavy atom. The monoisotopic (exact) mass is 410 g/mol. The summed E-state index contributed by atoms with van der Waals surface area (Å²) in [6.45, 7) is 8.53. The molecule has 0 aromatic heterocycles. The predicted octanol–water partition coefficient (Wildman–Crippen LogP) is 0.755. The maximum absolute atomic E-state index is 12.2. The number of hydrogen-bond acceptors (Lipinski definition) is 7. The van der Waals surface area contributed by atoms with Gasteiger partial charge >= 0.3 is 5.97 Å². The minimum Gasteiger partial charge on any atom is -0.457 e. The zero-order valence-electron chi connectivity index (χ0n) is 17.9. The Morgan fingerprint density at radius 1 is 1.10 bits per heavy atom. The van der Waals surface area contributed by atoms with Crippen LogP contribution in [0, 0.1) is 28.6 Å². The quantitative estimate of drug-likeness (QED) is 0.372. The first-order valence-corrected chi connectivity index (χ1v) is 10.9. The van der Waals surface area contributed by atoms with E-state index < -0.39 is 51.7 Å². The summed E-state index contributed by atoms with van der Waals surface area (Å²) >= 11 is 0. The summed E-state index contributed by atoms with van der Waals surface area (Å²) < 4.78 is 11.6. The highest BCUT2D eigenvalue weighted by molar-refractivity contribution is 5.66. The number of esters is 1. The molecule has 0 radical (unpaired) electrons. The average molecular weight is 411 g/mol. The molecule has 0 aromatic carbocycles. The van der Waals surface area contributed by atoms with Gasteiger partial charge in [-0.3, -0.25) is 4.79 Å². The molecule has 0 aromatic rings. The predicted molar refractivity (Wildman–Crippen MR) is 102 cm³/mol. The number of aliphatic hydroxyl groups excluding tert-OH is 1. The molecule has 4 N–H and O–H groups in total. The highest BCUT2D eigenvalue weighted by Crippen LogP contribution is 2.73. The highest BCUT2D eigenvalue weighted by atomic mass is 16.6. The van der Waals surface area contributed by atoms with Crippen LogP contribution in [-0.2, 0) is 14.3 Å². The molecular weight excluding hydrogens is 376 g/mol. The summed E-state index contributed by atoms with van der Waals surface area (Å²) in [4.78, 5) is 12.1. The van der Waals surface area contributed by atoms with E-state index in [0.717, 1.165) is 6.42 Å². The van der Waals surface area contributed by atoms with Crippen molar-refractivity contribution in [1.29, 1.82) is 0 Å². The van der Waals surface area contributed by atoms with Gasteiger partial charge in [-0.1, -0.05) is 13.8 Å². The zero-order chi connectivity index (χ0) is 21.4. The zero-order valence-corrected chi connectivity index (χ0v) is 17.9. The van der Waals surface area contributed by atoms with Gasteiger partial charge in [0, 0.05) is 23.7 Å². The van der Waals surface area contributed by atoms with Crippen LogP contribution in [0.1, 0.15) is 60.3 Å². The highest BCUT2D eigenvalue weighted by Gasteiger charge is 2.84. The lowest BCUT2D eigenvalue weighted by atomic mass is 9.58. The lowest BCUT2D eigenvalue weighted by Gasteiger charge is -2.50. The Labute approximate surface area is 171 Å². The summed E-state index contributed by atoms with van der Waals surface area (Å²) in [6, 6.07) is 0. The molecule has 5 fully saturated rings. The van der Waals surface area contributed by atoms with Crippen LogP contribution >= 0.6 is 0 Å². The fourth-order valence-corrected chi connectivity index (χ4v) is 8.45. The second-order valence-corrected chi connectivity index (χ2v) is 11.5. The minimum atomic E-state index is -1.65. The van der Waals surface area contributed by atoms with E-state index in [1.807, 2.05) is 13.8 Å². The van der Waals surface area contributed by atoms with E-state index in [-0.39, 0.29) is 24.0 Å². The second kappa shape index (κ2) is 5.36. The molecule has 4 aliphatic carbocycles. The van der Waals surface area contributed by atoms with Crippen LogP contribution in [0.15, 0.2) is 0 Å². The van der Waals surface area contributed by atoms with Crippen LogP contribution in [0.2, 0.25) is 0 Å². The lowest BCUT2D eigenvalue weighted by Crippen LogP contribution is -2.65. The van der Waals surface area contributed by atoms with Gasteiger partial charge in [0.25, 0.3) is 0 Å². The van der Waals surface area contributed by atoms with E-state index in [2.05, 4.69) is 0 Å². The molecule has 4 saturated carbocycles. The normalized spacial score (nSPS) is 61.9. The summed E-state index contributed by atoms with van der Waals surface area (Å²) in [5, 5.41) is 47.1. The summed E-state index contributed by atoms with van der Waals surface area (Å²) in [5.41, 5.74) is -5.62. The third-order valence-electron chi connectivity index (χ3n) is 9.70. The van der Waals surface area contributed by atoms with Crippen LogP contribution < -0.4 is 0 Å². The van der Waals surface area contributed by atoms with E-state index in [4.69, 9.17) is 9.47 Å². The fraction of sp³-hybridized carbons (Fsp3) is 0.955. The summed E-state index contributed by atoms with van der Waals surface area (Å²) in [7, 11) is 0. The van der Waals surface area contributed by atoms with Crippen LogP contribution in [0.25, 0.3) is 0 Å². The molecule has 164 valence electrons. The molecule has 7 nitrogen and oxygen atoms in total. The Bertz CT molecular complexity index is 760. The van der Waals surface area contributed by atoms with Crippen molar-refractivity contribution in [3.63, 3.8) is 0 Å². The summed E-state index contributed by atoms with van der Waals surface area (Å²) in [5.74, 6) is -1.61. The van der Waals surface area contributed by atoms with Crippen molar-refractivity contribution in [2.45, 2.75) is 102 Å². The number of ether oxygens (including phenoxy) is 2. The maximum Gasteiger partial charge on any atom is 0.303 e. The third kappa shape index (κ3) is 2.14. The number of carbonyl (C=O) groups is 1. The van der Waals surface area contributed by atoms with Gasteiger partial charge in [0.05, 0.1) is 29.5 Å². The van der Waals surface area contributed by atoms with Crippen LogP contribution in [-0.4, -0.2) is 67.6 Å². The van der Waals surface area contributed by atoms with Crippen molar-refractivity contribution in [1.82, 2.24) is 0 Å². The van der Waals surface area contributed by atoms with Gasteiger partial charge in [-0.05, 0) is 51.4 Å². The smallest absolute Gasteiger partial charge is 0.303 e. The maximum atomic E-state index is 12.2. The van der Waals surface area contributed by atoms with Crippen molar-refractivity contribution in [3.05, 3.63) is 0 Å². The van der Waals surface area contributed by atoms with Crippen LogP contribution in [0.5, 0.6) is 0 Å². The largest absolute Gasteiger partial charge is 0.457 e. The third-order valence-corrected chi connectivity index (χ3v) is 9.70. The Kier molecular flexibility index (Phi) is 3.73. The molecule has 11 atom stereocenters. The first-order valence-electron chi connectivity index (χ1n) is 10.9. The summed E-state index contributed by atoms with van der Waals surface area (Å²) in [6.07, 6.45) is -0.740. The standard InChI is InChI=1S/C22H34O7/c1-10(23)28-17-15(24)21-8-11(19(4,25)9-21)6-7-12(21)20(5,26)14-13-16(29-13)18(2,3)22(14,17)27/h11-17,24-27H,6-9H2,1-5H3/t11?,12?,13?,14?,15?,16?,17?,19-,20-,21-,22+/m1/s1. The van der Waals surface area contributed by atoms with E-state index in [0.29, 0.717) is 19.3 Å². The number of carbonyl (C=O) groups excluding carboxylic acids is 1. The van der Waals surface area contributed by atoms with Crippen LogP contribution in [0.4, 0.5) is 0 Å². The van der Waals surface area contributed by atoms with Gasteiger partial charge in [0.2, 0.25) is 0 Å². The SMILES string of the molecule is CC(=O)OC1C(O)[C@@]23CC(CCC2[C@@](C)(O)C2C4OC4C(C)(C)[C@@]12O)[C@](C)(O)C3. The van der Waals surface area contributed by atoms with E-state index in [9.17, 15) is 25.2 Å². The van der Waals surface area contributed by atoms with Crippen LogP contribution in [0.3, 0.4) is 0 Å². The second-order valence-electron chi connectivity index (χ2n) is 11.5. The molecule has 2 bridgehead atoms. The van der Waals surface area contributed by atoms with Gasteiger partial charge in [-0.15, -0.1) is 0 Å². The number of aliphatic hydroxyl groups is 4. The first-order chi connectivity index (χ1) is 13.2. The molecular formula is C22H34O7. The van der Waals surface area contributed by atoms with Gasteiger partial charge in [-0.25, -0.2) is 0 Å².